The largest absolute Gasteiger partial charge is 0.425 e. The van der Waals surface area contributed by atoms with Crippen LogP contribution in [0.1, 0.15) is 22.0 Å². The molecule has 0 aliphatic carbocycles. The standard InChI is InChI=1S/C22H15F4N3OS/c23-17-7-13(2-4-16(17)14-8-20(31-11-14)22(24,25)26)19-10-28-21(30)29(19)15-3-1-12-5-6-27-18(12)9-15/h1-4,6-9,11,19H,5,10H2,(H,28,30)/t19-/m1/s1. The second-order valence-corrected chi connectivity index (χ2v) is 8.25. The molecule has 158 valence electrons. The monoisotopic (exact) mass is 445 g/mol. The van der Waals surface area contributed by atoms with Gasteiger partial charge in [0, 0.05) is 30.4 Å². The molecule has 5 rings (SSSR count). The highest BCUT2D eigenvalue weighted by Crippen LogP contribution is 2.39. The highest BCUT2D eigenvalue weighted by atomic mass is 32.1. The van der Waals surface area contributed by atoms with E-state index in [9.17, 15) is 22.4 Å². The Bertz CT molecular complexity index is 1220. The number of fused-ring (bicyclic) bond motifs is 1. The van der Waals surface area contributed by atoms with Crippen molar-refractivity contribution in [1.29, 1.82) is 0 Å². The maximum atomic E-state index is 14.9. The van der Waals surface area contributed by atoms with Crippen LogP contribution < -0.4 is 10.2 Å². The third kappa shape index (κ3) is 3.48. The second kappa shape index (κ2) is 7.19. The van der Waals surface area contributed by atoms with Gasteiger partial charge in [-0.15, -0.1) is 11.3 Å². The molecule has 1 saturated heterocycles. The smallest absolute Gasteiger partial charge is 0.335 e. The van der Waals surface area contributed by atoms with E-state index in [1.807, 2.05) is 18.2 Å². The maximum absolute atomic E-state index is 14.9. The molecular formula is C22H15F4N3OS. The first-order valence-corrected chi connectivity index (χ1v) is 10.4. The van der Waals surface area contributed by atoms with Gasteiger partial charge in [0.1, 0.15) is 10.7 Å². The number of alkyl halides is 3. The van der Waals surface area contributed by atoms with Crippen molar-refractivity contribution in [3.8, 4) is 11.1 Å². The SMILES string of the molecule is O=C1NC[C@H](c2ccc(-c3csc(C(F)(F)F)c3)c(F)c2)N1c1ccc2c(c1)N=CC2. The zero-order chi connectivity index (χ0) is 21.8. The molecule has 0 unspecified atom stereocenters. The van der Waals surface area contributed by atoms with Crippen LogP contribution in [0.5, 0.6) is 0 Å². The number of nitrogens with zero attached hydrogens (tertiary/aromatic N) is 2. The highest BCUT2D eigenvalue weighted by molar-refractivity contribution is 7.10. The summed E-state index contributed by atoms with van der Waals surface area (Å²) in [6.07, 6.45) is -1.91. The molecule has 2 aliphatic rings. The summed E-state index contributed by atoms with van der Waals surface area (Å²) in [7, 11) is 0. The van der Waals surface area contributed by atoms with Crippen molar-refractivity contribution in [1.82, 2.24) is 5.32 Å². The van der Waals surface area contributed by atoms with Gasteiger partial charge in [-0.3, -0.25) is 9.89 Å². The van der Waals surface area contributed by atoms with Crippen molar-refractivity contribution in [2.24, 2.45) is 4.99 Å². The lowest BCUT2D eigenvalue weighted by Crippen LogP contribution is -2.29. The van der Waals surface area contributed by atoms with Crippen LogP contribution in [0.25, 0.3) is 11.1 Å². The number of amides is 2. The Balaban J connectivity index is 1.47. The van der Waals surface area contributed by atoms with E-state index in [1.54, 1.807) is 17.2 Å². The summed E-state index contributed by atoms with van der Waals surface area (Å²) in [5.74, 6) is -0.637. The van der Waals surface area contributed by atoms with Gasteiger partial charge in [-0.25, -0.2) is 9.18 Å². The topological polar surface area (TPSA) is 44.7 Å². The Morgan fingerprint density at radius 1 is 1.13 bits per heavy atom. The number of anilines is 1. The molecule has 0 radical (unpaired) electrons. The van der Waals surface area contributed by atoms with E-state index < -0.39 is 22.9 Å². The van der Waals surface area contributed by atoms with E-state index in [0.29, 0.717) is 22.6 Å². The van der Waals surface area contributed by atoms with E-state index in [4.69, 9.17) is 0 Å². The van der Waals surface area contributed by atoms with Crippen LogP contribution >= 0.6 is 11.3 Å². The molecule has 2 aliphatic heterocycles. The summed E-state index contributed by atoms with van der Waals surface area (Å²) < 4.78 is 53.5. The van der Waals surface area contributed by atoms with Crippen LogP contribution in [0.4, 0.5) is 33.7 Å². The van der Waals surface area contributed by atoms with E-state index in [0.717, 1.165) is 23.7 Å². The highest BCUT2D eigenvalue weighted by Gasteiger charge is 2.35. The Labute approximate surface area is 178 Å². The van der Waals surface area contributed by atoms with Crippen molar-refractivity contribution in [2.75, 3.05) is 11.4 Å². The van der Waals surface area contributed by atoms with Crippen molar-refractivity contribution in [3.05, 3.63) is 69.7 Å². The van der Waals surface area contributed by atoms with Crippen molar-refractivity contribution < 1.29 is 22.4 Å². The summed E-state index contributed by atoms with van der Waals surface area (Å²) in [5, 5.41) is 4.06. The van der Waals surface area contributed by atoms with E-state index in [2.05, 4.69) is 10.3 Å². The van der Waals surface area contributed by atoms with Crippen LogP contribution in [0.15, 0.2) is 52.8 Å². The van der Waals surface area contributed by atoms with Gasteiger partial charge in [-0.2, -0.15) is 13.2 Å². The number of carbonyl (C=O) groups excluding carboxylic acids is 1. The minimum absolute atomic E-state index is 0.0891. The van der Waals surface area contributed by atoms with Gasteiger partial charge in [0.05, 0.1) is 11.7 Å². The number of benzene rings is 2. The van der Waals surface area contributed by atoms with E-state index in [-0.39, 0.29) is 23.7 Å². The predicted octanol–water partition coefficient (Wildman–Crippen LogP) is 6.10. The second-order valence-electron chi connectivity index (χ2n) is 7.34. The molecule has 0 bridgehead atoms. The number of hydrogen-bond acceptors (Lipinski definition) is 3. The molecule has 9 heteroatoms. The molecule has 1 aromatic heterocycles. The van der Waals surface area contributed by atoms with Gasteiger partial charge < -0.3 is 5.32 Å². The zero-order valence-electron chi connectivity index (χ0n) is 15.9. The molecule has 1 N–H and O–H groups in total. The first-order valence-electron chi connectivity index (χ1n) is 9.49. The van der Waals surface area contributed by atoms with Crippen LogP contribution in [0.3, 0.4) is 0 Å². The third-order valence-electron chi connectivity index (χ3n) is 5.43. The summed E-state index contributed by atoms with van der Waals surface area (Å²) in [6, 6.07) is 10.2. The zero-order valence-corrected chi connectivity index (χ0v) is 16.7. The number of thiophene rings is 1. The van der Waals surface area contributed by atoms with Gasteiger partial charge in [0.2, 0.25) is 0 Å². The van der Waals surface area contributed by atoms with Crippen LogP contribution in [0.2, 0.25) is 0 Å². The molecule has 0 saturated carbocycles. The number of hydrogen-bond donors (Lipinski definition) is 1. The number of nitrogens with one attached hydrogen (secondary N) is 1. The molecule has 1 atom stereocenters. The van der Waals surface area contributed by atoms with Crippen LogP contribution in [-0.2, 0) is 12.6 Å². The first-order chi connectivity index (χ1) is 14.8. The quantitative estimate of drug-likeness (QED) is 0.487. The van der Waals surface area contributed by atoms with Gasteiger partial charge >= 0.3 is 12.2 Å². The first kappa shape index (κ1) is 19.7. The van der Waals surface area contributed by atoms with Gasteiger partial charge in [0.15, 0.2) is 0 Å². The van der Waals surface area contributed by atoms with Gasteiger partial charge in [-0.1, -0.05) is 18.2 Å². The summed E-state index contributed by atoms with van der Waals surface area (Å²) in [5.41, 5.74) is 3.34. The predicted molar refractivity (Wildman–Crippen MR) is 112 cm³/mol. The fourth-order valence-electron chi connectivity index (χ4n) is 3.90. The Kier molecular flexibility index (Phi) is 4.58. The van der Waals surface area contributed by atoms with E-state index in [1.165, 1.54) is 17.5 Å². The molecule has 3 heterocycles. The third-order valence-corrected chi connectivity index (χ3v) is 6.41. The fraction of sp³-hybridized carbons (Fsp3) is 0.182. The normalized spacial score (nSPS) is 17.9. The lowest BCUT2D eigenvalue weighted by molar-refractivity contribution is -0.134. The average molecular weight is 445 g/mol. The average Bonchev–Trinajstić information content (AvgIpc) is 3.46. The molecule has 4 nitrogen and oxygen atoms in total. The maximum Gasteiger partial charge on any atom is 0.425 e. The van der Waals surface area contributed by atoms with E-state index >= 15 is 0 Å². The lowest BCUT2D eigenvalue weighted by Gasteiger charge is -2.24. The number of urea groups is 1. The van der Waals surface area contributed by atoms with Crippen molar-refractivity contribution >= 4 is 35.0 Å². The Morgan fingerprint density at radius 2 is 1.97 bits per heavy atom. The number of halogens is 4. The number of rotatable bonds is 3. The minimum atomic E-state index is -4.46. The van der Waals surface area contributed by atoms with Crippen molar-refractivity contribution in [3.63, 3.8) is 0 Å². The van der Waals surface area contributed by atoms with Crippen molar-refractivity contribution in [2.45, 2.75) is 18.6 Å². The summed E-state index contributed by atoms with van der Waals surface area (Å²) in [6.45, 7) is 0.286. The lowest BCUT2D eigenvalue weighted by atomic mass is 10.0. The fourth-order valence-corrected chi connectivity index (χ4v) is 4.68. The molecule has 2 amide bonds. The molecule has 2 aromatic carbocycles. The van der Waals surface area contributed by atoms with Crippen LogP contribution in [-0.4, -0.2) is 18.8 Å². The molecule has 3 aromatic rings. The minimum Gasteiger partial charge on any atom is -0.335 e. The Morgan fingerprint density at radius 3 is 2.71 bits per heavy atom. The summed E-state index contributed by atoms with van der Waals surface area (Å²) >= 11 is 0.531. The number of aliphatic imine (C=N–C) groups is 1. The Hall–Kier alpha value is -3.20. The molecular weight excluding hydrogens is 430 g/mol. The molecule has 31 heavy (non-hydrogen) atoms. The van der Waals surface area contributed by atoms with Gasteiger partial charge in [0.25, 0.3) is 0 Å². The molecule has 0 spiro atoms. The van der Waals surface area contributed by atoms with Gasteiger partial charge in [-0.05, 0) is 46.3 Å². The van der Waals surface area contributed by atoms with Crippen LogP contribution in [0, 0.1) is 5.82 Å². The summed E-state index contributed by atoms with van der Waals surface area (Å²) in [4.78, 5) is 17.6. The molecule has 1 fully saturated rings. The number of carbonyl (C=O) groups is 1.